The summed E-state index contributed by atoms with van der Waals surface area (Å²) in [6, 6.07) is 10.1. The van der Waals surface area contributed by atoms with Crippen LogP contribution in [0.1, 0.15) is 23.0 Å². The van der Waals surface area contributed by atoms with Gasteiger partial charge >= 0.3 is 5.69 Å². The molecule has 5 rings (SSSR count). The maximum absolute atomic E-state index is 12.3. The predicted octanol–water partition coefficient (Wildman–Crippen LogP) is -0.690. The van der Waals surface area contributed by atoms with E-state index in [0.29, 0.717) is 5.56 Å². The van der Waals surface area contributed by atoms with Crippen LogP contribution in [0.15, 0.2) is 52.3 Å². The molecule has 2 bridgehead atoms. The second kappa shape index (κ2) is 8.34. The molecule has 1 unspecified atom stereocenters. The van der Waals surface area contributed by atoms with Crippen molar-refractivity contribution in [1.29, 1.82) is 0 Å². The molecular formula is C22H25N5O6. The molecule has 0 spiro atoms. The van der Waals surface area contributed by atoms with Gasteiger partial charge in [-0.3, -0.25) is 14.3 Å². The standard InChI is InChI=1S/C22H25N5O6/c1-13-9-27(21(31)23-19(13)30)20-17-18(29)22(12-28,33-20)16(32-17)11-26-10-15(24-25-26)8-7-14-5-3-2-4-6-14/h2-6,9-10,16-18,20,28-29H,7-8,11-12H2,1H3,(H,23,30,31)/t16-,17?,18+,20-,22+/m1/s1. The number of rotatable bonds is 7. The van der Waals surface area contributed by atoms with Crippen LogP contribution in [0.25, 0.3) is 0 Å². The third kappa shape index (κ3) is 3.72. The molecule has 5 atom stereocenters. The lowest BCUT2D eigenvalue weighted by molar-refractivity contribution is -0.227. The van der Waals surface area contributed by atoms with Crippen molar-refractivity contribution in [2.75, 3.05) is 6.61 Å². The zero-order chi connectivity index (χ0) is 23.2. The number of nitrogens with zero attached hydrogens (tertiary/aromatic N) is 4. The molecule has 33 heavy (non-hydrogen) atoms. The van der Waals surface area contributed by atoms with E-state index in [1.165, 1.54) is 16.3 Å². The van der Waals surface area contributed by atoms with Gasteiger partial charge in [0, 0.05) is 18.0 Å². The first-order valence-corrected chi connectivity index (χ1v) is 10.8. The van der Waals surface area contributed by atoms with Crippen LogP contribution < -0.4 is 11.2 Å². The zero-order valence-electron chi connectivity index (χ0n) is 18.0. The van der Waals surface area contributed by atoms with Gasteiger partial charge in [0.1, 0.15) is 18.3 Å². The summed E-state index contributed by atoms with van der Waals surface area (Å²) >= 11 is 0. The van der Waals surface area contributed by atoms with Crippen LogP contribution in [0.4, 0.5) is 0 Å². The fourth-order valence-electron chi connectivity index (χ4n) is 4.56. The molecule has 0 amide bonds. The van der Waals surface area contributed by atoms with Crippen molar-refractivity contribution in [2.24, 2.45) is 0 Å². The smallest absolute Gasteiger partial charge is 0.330 e. The molecule has 11 heteroatoms. The monoisotopic (exact) mass is 455 g/mol. The Morgan fingerprint density at radius 1 is 1.18 bits per heavy atom. The zero-order valence-corrected chi connectivity index (χ0v) is 18.0. The van der Waals surface area contributed by atoms with Crippen molar-refractivity contribution in [3.05, 3.63) is 80.4 Å². The third-order valence-electron chi connectivity index (χ3n) is 6.42. The Kier molecular flexibility index (Phi) is 5.49. The number of aryl methyl sites for hydroxylation is 3. The van der Waals surface area contributed by atoms with E-state index in [-0.39, 0.29) is 6.54 Å². The maximum Gasteiger partial charge on any atom is 0.330 e. The number of aromatic nitrogens is 5. The average Bonchev–Trinajstić information content (AvgIpc) is 3.46. The normalized spacial score (nSPS) is 28.5. The number of ether oxygens (including phenoxy) is 2. The van der Waals surface area contributed by atoms with Crippen LogP contribution in [0.5, 0.6) is 0 Å². The summed E-state index contributed by atoms with van der Waals surface area (Å²) in [5.41, 5.74) is -0.272. The highest BCUT2D eigenvalue weighted by Gasteiger charge is 2.67. The number of benzene rings is 1. The lowest BCUT2D eigenvalue weighted by Crippen LogP contribution is -2.52. The molecular weight excluding hydrogens is 430 g/mol. The minimum atomic E-state index is -1.44. The van der Waals surface area contributed by atoms with E-state index in [0.717, 1.165) is 18.5 Å². The first-order chi connectivity index (χ1) is 15.9. The summed E-state index contributed by atoms with van der Waals surface area (Å²) in [7, 11) is 0. The molecule has 1 aromatic carbocycles. The number of nitrogens with one attached hydrogen (secondary N) is 1. The van der Waals surface area contributed by atoms with Gasteiger partial charge in [0.2, 0.25) is 0 Å². The Hall–Kier alpha value is -3.12. The summed E-state index contributed by atoms with van der Waals surface area (Å²) in [6.45, 7) is 1.25. The number of hydrogen-bond donors (Lipinski definition) is 3. The molecule has 3 N–H and O–H groups in total. The van der Waals surface area contributed by atoms with Crippen molar-refractivity contribution in [2.45, 2.75) is 56.5 Å². The van der Waals surface area contributed by atoms with E-state index in [1.54, 1.807) is 11.6 Å². The molecule has 2 fully saturated rings. The number of H-pyrrole nitrogens is 1. The number of hydrogen-bond acceptors (Lipinski definition) is 8. The summed E-state index contributed by atoms with van der Waals surface area (Å²) in [4.78, 5) is 26.2. The molecule has 4 heterocycles. The largest absolute Gasteiger partial charge is 0.393 e. The summed E-state index contributed by atoms with van der Waals surface area (Å²) in [5.74, 6) is 0. The second-order valence-corrected chi connectivity index (χ2v) is 8.55. The molecule has 0 radical (unpaired) electrons. The quantitative estimate of drug-likeness (QED) is 0.425. The lowest BCUT2D eigenvalue weighted by Gasteiger charge is -2.36. The van der Waals surface area contributed by atoms with Crippen molar-refractivity contribution >= 4 is 0 Å². The van der Waals surface area contributed by atoms with Crippen LogP contribution in [0.3, 0.4) is 0 Å². The van der Waals surface area contributed by atoms with Gasteiger partial charge in [0.05, 0.1) is 18.8 Å². The SMILES string of the molecule is Cc1cn([C@@H]2O[C@@]3(CO)[C@@H](Cn4cc(CCc5ccccc5)nn4)OC2[C@@H]3O)c(=O)[nH]c1=O. The van der Waals surface area contributed by atoms with Gasteiger partial charge in [-0.2, -0.15) is 0 Å². The Morgan fingerprint density at radius 2 is 1.97 bits per heavy atom. The van der Waals surface area contributed by atoms with Crippen molar-refractivity contribution < 1.29 is 19.7 Å². The Balaban J connectivity index is 1.31. The van der Waals surface area contributed by atoms with E-state index in [1.807, 2.05) is 24.4 Å². The molecule has 0 saturated carbocycles. The van der Waals surface area contributed by atoms with Gasteiger partial charge in [0.15, 0.2) is 11.8 Å². The van der Waals surface area contributed by atoms with E-state index < -0.39 is 48.0 Å². The van der Waals surface area contributed by atoms with Gasteiger partial charge in [-0.25, -0.2) is 9.48 Å². The van der Waals surface area contributed by atoms with E-state index in [4.69, 9.17) is 9.47 Å². The van der Waals surface area contributed by atoms with Crippen molar-refractivity contribution in [3.63, 3.8) is 0 Å². The van der Waals surface area contributed by atoms with Gasteiger partial charge in [-0.15, -0.1) is 5.10 Å². The minimum Gasteiger partial charge on any atom is -0.393 e. The molecule has 174 valence electrons. The van der Waals surface area contributed by atoms with Crippen LogP contribution in [-0.4, -0.2) is 65.3 Å². The molecule has 11 nitrogen and oxygen atoms in total. The van der Waals surface area contributed by atoms with E-state index in [9.17, 15) is 19.8 Å². The number of aliphatic hydroxyl groups excluding tert-OH is 2. The Labute approximate surface area is 188 Å². The van der Waals surface area contributed by atoms with E-state index in [2.05, 4.69) is 27.4 Å². The summed E-state index contributed by atoms with van der Waals surface area (Å²) in [5, 5.41) is 29.4. The van der Waals surface area contributed by atoms with Crippen molar-refractivity contribution in [3.8, 4) is 0 Å². The Morgan fingerprint density at radius 3 is 2.73 bits per heavy atom. The topological polar surface area (TPSA) is 144 Å². The van der Waals surface area contributed by atoms with Gasteiger partial charge in [0.25, 0.3) is 5.56 Å². The first kappa shape index (κ1) is 21.7. The van der Waals surface area contributed by atoms with E-state index >= 15 is 0 Å². The van der Waals surface area contributed by atoms with Gasteiger partial charge < -0.3 is 19.7 Å². The fourth-order valence-corrected chi connectivity index (χ4v) is 4.56. The molecule has 3 aromatic rings. The molecule has 2 aliphatic heterocycles. The van der Waals surface area contributed by atoms with Crippen molar-refractivity contribution in [1.82, 2.24) is 24.5 Å². The Bertz CT molecular complexity index is 1250. The summed E-state index contributed by atoms with van der Waals surface area (Å²) in [6.07, 6.45) is 0.967. The van der Waals surface area contributed by atoms with Crippen LogP contribution >= 0.6 is 0 Å². The number of fused-ring (bicyclic) bond motifs is 2. The molecule has 0 aliphatic carbocycles. The fraction of sp³-hybridized carbons (Fsp3) is 0.455. The first-order valence-electron chi connectivity index (χ1n) is 10.8. The number of aliphatic hydroxyl groups is 2. The van der Waals surface area contributed by atoms with Crippen LogP contribution in [0, 0.1) is 6.92 Å². The molecule has 2 aromatic heterocycles. The molecule has 2 saturated heterocycles. The highest BCUT2D eigenvalue weighted by molar-refractivity contribution is 5.16. The van der Waals surface area contributed by atoms with Gasteiger partial charge in [-0.05, 0) is 25.3 Å². The minimum absolute atomic E-state index is 0.207. The number of aromatic amines is 1. The second-order valence-electron chi connectivity index (χ2n) is 8.55. The highest BCUT2D eigenvalue weighted by Crippen LogP contribution is 2.48. The third-order valence-corrected chi connectivity index (χ3v) is 6.42. The van der Waals surface area contributed by atoms with Crippen LogP contribution in [-0.2, 0) is 28.9 Å². The van der Waals surface area contributed by atoms with Gasteiger partial charge in [-0.1, -0.05) is 35.5 Å². The lowest BCUT2D eigenvalue weighted by atomic mass is 9.93. The maximum atomic E-state index is 12.3. The molecule has 2 aliphatic rings. The summed E-state index contributed by atoms with van der Waals surface area (Å²) < 4.78 is 14.8. The highest BCUT2D eigenvalue weighted by atomic mass is 16.7. The van der Waals surface area contributed by atoms with Crippen LogP contribution in [0.2, 0.25) is 0 Å². The predicted molar refractivity (Wildman–Crippen MR) is 115 cm³/mol. The average molecular weight is 455 g/mol.